The molecule has 10 heteroatoms. The van der Waals surface area contributed by atoms with Crippen LogP contribution >= 0.6 is 0 Å². The molecule has 0 aromatic carbocycles. The number of nitrogens with one attached hydrogen (secondary N) is 3. The van der Waals surface area contributed by atoms with Gasteiger partial charge in [0.05, 0.1) is 12.1 Å². The molecule has 0 unspecified atom stereocenters. The maximum Gasteiger partial charge on any atom is 0.432 e. The third-order valence-electron chi connectivity index (χ3n) is 4.21. The molecule has 0 aliphatic heterocycles. The smallest absolute Gasteiger partial charge is 0.389 e. The highest BCUT2D eigenvalue weighted by Gasteiger charge is 2.33. The summed E-state index contributed by atoms with van der Waals surface area (Å²) in [6, 6.07) is 0.785. The third kappa shape index (κ3) is 7.58. The van der Waals surface area contributed by atoms with Gasteiger partial charge < -0.3 is 10.4 Å². The van der Waals surface area contributed by atoms with Gasteiger partial charge in [-0.05, 0) is 32.6 Å². The number of amides is 1. The first-order valence-electron chi connectivity index (χ1n) is 8.99. The maximum absolute atomic E-state index is 12.7. The first-order chi connectivity index (χ1) is 12.5. The van der Waals surface area contributed by atoms with Crippen molar-refractivity contribution in [2.75, 3.05) is 11.9 Å². The van der Waals surface area contributed by atoms with Gasteiger partial charge in [-0.1, -0.05) is 19.3 Å². The van der Waals surface area contributed by atoms with Gasteiger partial charge in [-0.15, -0.1) is 0 Å². The van der Waals surface area contributed by atoms with Crippen LogP contribution in [0, 0.1) is 5.92 Å². The number of hydrogen-bond acceptors (Lipinski definition) is 4. The number of aliphatic hydroxyl groups is 1. The molecule has 152 valence electrons. The Morgan fingerprint density at radius 1 is 1.33 bits per heavy atom. The van der Waals surface area contributed by atoms with E-state index in [0.29, 0.717) is 12.3 Å². The van der Waals surface area contributed by atoms with Crippen LogP contribution < -0.4 is 10.6 Å². The fourth-order valence-corrected chi connectivity index (χ4v) is 2.87. The second-order valence-electron chi connectivity index (χ2n) is 7.52. The molecule has 0 saturated heterocycles. The van der Waals surface area contributed by atoms with Crippen molar-refractivity contribution in [1.82, 2.24) is 15.5 Å². The van der Waals surface area contributed by atoms with Crippen LogP contribution in [0.4, 0.5) is 19.0 Å². The van der Waals surface area contributed by atoms with Gasteiger partial charge in [0, 0.05) is 12.5 Å². The Bertz CT molecular complexity index is 658. The van der Waals surface area contributed by atoms with E-state index in [-0.39, 0.29) is 24.2 Å². The van der Waals surface area contributed by atoms with E-state index in [1.54, 1.807) is 0 Å². The number of hydrogen-bond donors (Lipinski definition) is 4. The zero-order valence-electron chi connectivity index (χ0n) is 15.5. The number of anilines is 1. The van der Waals surface area contributed by atoms with Crippen LogP contribution in [0.3, 0.4) is 0 Å². The standard InChI is InChI=1S/C17H26F3N5O2/c1-16(2,27)10-21-15(22-13-9-12(24-25-13)17(18,19)20)23-14(26)8-11-6-4-3-5-7-11/h9,11,27H,3-8,10H2,1-2H3,(H3,21,22,23,24,25,26). The number of halogens is 3. The highest BCUT2D eigenvalue weighted by molar-refractivity contribution is 6.03. The lowest BCUT2D eigenvalue weighted by Crippen LogP contribution is -2.38. The van der Waals surface area contributed by atoms with Gasteiger partial charge in [0.15, 0.2) is 5.82 Å². The summed E-state index contributed by atoms with van der Waals surface area (Å²) >= 11 is 0. The Hall–Kier alpha value is -2.10. The van der Waals surface area contributed by atoms with Crippen molar-refractivity contribution in [3.63, 3.8) is 0 Å². The van der Waals surface area contributed by atoms with Gasteiger partial charge in [0.1, 0.15) is 5.69 Å². The molecular formula is C17H26F3N5O2. The zero-order valence-corrected chi connectivity index (χ0v) is 15.5. The van der Waals surface area contributed by atoms with Crippen LogP contribution in [0.1, 0.15) is 58.1 Å². The Morgan fingerprint density at radius 2 is 2.00 bits per heavy atom. The summed E-state index contributed by atoms with van der Waals surface area (Å²) < 4.78 is 38.0. The lowest BCUT2D eigenvalue weighted by atomic mass is 9.87. The molecule has 0 spiro atoms. The molecule has 1 heterocycles. The molecule has 2 rings (SSSR count). The van der Waals surface area contributed by atoms with Gasteiger partial charge in [0.2, 0.25) is 11.9 Å². The summed E-state index contributed by atoms with van der Waals surface area (Å²) in [4.78, 5) is 16.4. The second kappa shape index (κ2) is 8.73. The van der Waals surface area contributed by atoms with Crippen molar-refractivity contribution in [3.05, 3.63) is 11.8 Å². The van der Waals surface area contributed by atoms with E-state index < -0.39 is 17.5 Å². The van der Waals surface area contributed by atoms with Gasteiger partial charge in [-0.3, -0.25) is 15.2 Å². The molecule has 7 nitrogen and oxygen atoms in total. The van der Waals surface area contributed by atoms with Crippen molar-refractivity contribution in [2.24, 2.45) is 10.9 Å². The molecule has 1 aliphatic rings. The molecule has 1 aromatic heterocycles. The second-order valence-corrected chi connectivity index (χ2v) is 7.52. The van der Waals surface area contributed by atoms with Gasteiger partial charge in [-0.25, -0.2) is 4.99 Å². The van der Waals surface area contributed by atoms with E-state index in [4.69, 9.17) is 0 Å². The summed E-state index contributed by atoms with van der Waals surface area (Å²) in [5, 5.41) is 20.4. The topological polar surface area (TPSA) is 102 Å². The molecule has 0 bridgehead atoms. The van der Waals surface area contributed by atoms with Crippen LogP contribution in [-0.2, 0) is 11.0 Å². The highest BCUT2D eigenvalue weighted by Crippen LogP contribution is 2.29. The molecular weight excluding hydrogens is 363 g/mol. The predicted molar refractivity (Wildman–Crippen MR) is 95.1 cm³/mol. The molecule has 27 heavy (non-hydrogen) atoms. The van der Waals surface area contributed by atoms with E-state index in [2.05, 4.69) is 20.7 Å². The average Bonchev–Trinajstić information content (AvgIpc) is 3.01. The first kappa shape index (κ1) is 21.2. The van der Waals surface area contributed by atoms with E-state index >= 15 is 0 Å². The number of nitrogens with zero attached hydrogens (tertiary/aromatic N) is 2. The van der Waals surface area contributed by atoms with Crippen LogP contribution in [0.2, 0.25) is 0 Å². The molecule has 1 fully saturated rings. The molecule has 0 radical (unpaired) electrons. The molecule has 0 atom stereocenters. The van der Waals surface area contributed by atoms with Gasteiger partial charge >= 0.3 is 6.18 Å². The Labute approximate surface area is 155 Å². The van der Waals surface area contributed by atoms with Crippen LogP contribution in [0.25, 0.3) is 0 Å². The van der Waals surface area contributed by atoms with Crippen molar-refractivity contribution < 1.29 is 23.1 Å². The van der Waals surface area contributed by atoms with Gasteiger partial charge in [-0.2, -0.15) is 18.3 Å². The minimum Gasteiger partial charge on any atom is -0.389 e. The summed E-state index contributed by atoms with van der Waals surface area (Å²) in [5.74, 6) is -0.139. The monoisotopic (exact) mass is 389 g/mol. The molecule has 1 aliphatic carbocycles. The van der Waals surface area contributed by atoms with Crippen LogP contribution in [0.5, 0.6) is 0 Å². The van der Waals surface area contributed by atoms with Crippen molar-refractivity contribution in [1.29, 1.82) is 0 Å². The van der Waals surface area contributed by atoms with E-state index in [1.165, 1.54) is 20.3 Å². The fourth-order valence-electron chi connectivity index (χ4n) is 2.87. The van der Waals surface area contributed by atoms with Gasteiger partial charge in [0.25, 0.3) is 0 Å². The largest absolute Gasteiger partial charge is 0.432 e. The third-order valence-corrected chi connectivity index (χ3v) is 4.21. The van der Waals surface area contributed by atoms with E-state index in [9.17, 15) is 23.1 Å². The van der Waals surface area contributed by atoms with E-state index in [0.717, 1.165) is 31.7 Å². The number of carbonyl (C=O) groups is 1. The SMILES string of the molecule is CC(C)(O)CN=C(NC(=O)CC1CCCCC1)Nc1cc(C(F)(F)F)[nH]n1. The number of carbonyl (C=O) groups excluding carboxylic acids is 1. The van der Waals surface area contributed by atoms with Crippen molar-refractivity contribution in [2.45, 2.75) is 64.1 Å². The minimum absolute atomic E-state index is 0.0434. The molecule has 4 N–H and O–H groups in total. The number of aromatic nitrogens is 2. The Balaban J connectivity index is 2.04. The quantitative estimate of drug-likeness (QED) is 0.459. The normalized spacial score (nSPS) is 17.0. The van der Waals surface area contributed by atoms with Crippen LogP contribution in [-0.4, -0.2) is 39.3 Å². The number of aliphatic imine (C=N–C) groups is 1. The fraction of sp³-hybridized carbons (Fsp3) is 0.706. The minimum atomic E-state index is -4.55. The Morgan fingerprint density at radius 3 is 2.56 bits per heavy atom. The average molecular weight is 389 g/mol. The number of aromatic amines is 1. The van der Waals surface area contributed by atoms with Crippen molar-refractivity contribution >= 4 is 17.7 Å². The lowest BCUT2D eigenvalue weighted by Gasteiger charge is -2.21. The van der Waals surface area contributed by atoms with Crippen molar-refractivity contribution in [3.8, 4) is 0 Å². The highest BCUT2D eigenvalue weighted by atomic mass is 19.4. The number of rotatable bonds is 5. The number of H-pyrrole nitrogens is 1. The predicted octanol–water partition coefficient (Wildman–Crippen LogP) is 3.05. The number of alkyl halides is 3. The zero-order chi connectivity index (χ0) is 20.1. The maximum atomic E-state index is 12.7. The molecule has 1 amide bonds. The number of guanidine groups is 1. The first-order valence-corrected chi connectivity index (χ1v) is 8.99. The van der Waals surface area contributed by atoms with Crippen LogP contribution in [0.15, 0.2) is 11.1 Å². The summed E-state index contributed by atoms with van der Waals surface area (Å²) in [5.41, 5.74) is -2.15. The summed E-state index contributed by atoms with van der Waals surface area (Å²) in [6.45, 7) is 3.03. The summed E-state index contributed by atoms with van der Waals surface area (Å²) in [6.07, 6.45) is 1.14. The Kier molecular flexibility index (Phi) is 6.85. The summed E-state index contributed by atoms with van der Waals surface area (Å²) in [7, 11) is 0. The lowest BCUT2D eigenvalue weighted by molar-refractivity contribution is -0.141. The molecule has 1 aromatic rings. The molecule has 1 saturated carbocycles. The van der Waals surface area contributed by atoms with E-state index in [1.807, 2.05) is 5.10 Å².